The molecule has 0 aliphatic carbocycles. The maximum atomic E-state index is 3.42. The Balaban J connectivity index is 2.15. The van der Waals surface area contributed by atoms with Crippen LogP contribution in [0.5, 0.6) is 0 Å². The van der Waals surface area contributed by atoms with Crippen LogP contribution in [0, 0.1) is 0 Å². The van der Waals surface area contributed by atoms with Gasteiger partial charge < -0.3 is 5.32 Å². The Hall–Kier alpha value is -0.800. The highest BCUT2D eigenvalue weighted by Gasteiger charge is 2.15. The second kappa shape index (κ2) is 2.34. The molecule has 60 valence electrons. The topological polar surface area (TPSA) is 12.0 Å². The Morgan fingerprint density at radius 3 is 2.17 bits per heavy atom. The fourth-order valence-corrected chi connectivity index (χ4v) is 3.24. The first-order valence-corrected chi connectivity index (χ1v) is 5.59. The quantitative estimate of drug-likeness (QED) is 0.576. The van der Waals surface area contributed by atoms with Crippen molar-refractivity contribution < 1.29 is 0 Å². The van der Waals surface area contributed by atoms with Crippen molar-refractivity contribution in [3.05, 3.63) is 32.6 Å². The molecule has 1 aliphatic heterocycles. The van der Waals surface area contributed by atoms with Gasteiger partial charge in [0.25, 0.3) is 0 Å². The Morgan fingerprint density at radius 2 is 1.58 bits per heavy atom. The molecule has 0 unspecified atom stereocenters. The van der Waals surface area contributed by atoms with Crippen LogP contribution in [0.15, 0.2) is 22.9 Å². The molecule has 0 spiro atoms. The minimum atomic E-state index is 1.12. The summed E-state index contributed by atoms with van der Waals surface area (Å²) >= 11 is 3.67. The predicted octanol–water partition coefficient (Wildman–Crippen LogP) is 3.46. The van der Waals surface area contributed by atoms with Gasteiger partial charge in [-0.1, -0.05) is 0 Å². The predicted molar refractivity (Wildman–Crippen MR) is 54.7 cm³/mol. The smallest absolute Gasteiger partial charge is 0.0529 e. The first kappa shape index (κ1) is 6.69. The van der Waals surface area contributed by atoms with Gasteiger partial charge in [0.1, 0.15) is 0 Å². The monoisotopic (exact) mass is 193 g/mol. The van der Waals surface area contributed by atoms with Crippen LogP contribution in [-0.2, 0) is 6.42 Å². The highest BCUT2D eigenvalue weighted by molar-refractivity contribution is 7.12. The lowest BCUT2D eigenvalue weighted by Gasteiger charge is -2.13. The molecule has 3 heterocycles. The van der Waals surface area contributed by atoms with E-state index in [1.54, 1.807) is 0 Å². The van der Waals surface area contributed by atoms with Crippen LogP contribution in [0.1, 0.15) is 9.75 Å². The first-order valence-electron chi connectivity index (χ1n) is 3.83. The fourth-order valence-electron chi connectivity index (χ4n) is 1.47. The number of hydrogen-bond acceptors (Lipinski definition) is 3. The maximum absolute atomic E-state index is 3.42. The molecule has 0 fully saturated rings. The second-order valence-electron chi connectivity index (χ2n) is 2.82. The molecular weight excluding hydrogens is 186 g/mol. The molecule has 0 saturated heterocycles. The lowest BCUT2D eigenvalue weighted by Crippen LogP contribution is -1.99. The molecule has 1 aliphatic rings. The van der Waals surface area contributed by atoms with Gasteiger partial charge in [-0.25, -0.2) is 0 Å². The summed E-state index contributed by atoms with van der Waals surface area (Å²) in [6.45, 7) is 0. The molecule has 0 aromatic carbocycles. The van der Waals surface area contributed by atoms with Gasteiger partial charge in [-0.15, -0.1) is 22.7 Å². The molecule has 1 N–H and O–H groups in total. The van der Waals surface area contributed by atoms with Crippen molar-refractivity contribution in [2.45, 2.75) is 6.42 Å². The van der Waals surface area contributed by atoms with Gasteiger partial charge in [0.15, 0.2) is 0 Å². The average Bonchev–Trinajstić information content (AvgIpc) is 2.64. The van der Waals surface area contributed by atoms with Gasteiger partial charge in [-0.2, -0.15) is 0 Å². The number of nitrogens with one attached hydrogen (secondary N) is 1. The number of hydrogen-bond donors (Lipinski definition) is 1. The molecule has 2 aromatic rings. The van der Waals surface area contributed by atoms with Crippen molar-refractivity contribution in [2.24, 2.45) is 0 Å². The Morgan fingerprint density at radius 1 is 1.00 bits per heavy atom. The van der Waals surface area contributed by atoms with Gasteiger partial charge >= 0.3 is 0 Å². The zero-order chi connectivity index (χ0) is 7.97. The van der Waals surface area contributed by atoms with Gasteiger partial charge in [0.2, 0.25) is 0 Å². The van der Waals surface area contributed by atoms with E-state index in [9.17, 15) is 0 Å². The van der Waals surface area contributed by atoms with Crippen LogP contribution < -0.4 is 5.32 Å². The maximum Gasteiger partial charge on any atom is 0.0529 e. The Kier molecular flexibility index (Phi) is 1.31. The Bertz CT molecular complexity index is 340. The van der Waals surface area contributed by atoms with Crippen molar-refractivity contribution in [2.75, 3.05) is 5.32 Å². The summed E-state index contributed by atoms with van der Waals surface area (Å²) in [5.41, 5.74) is 2.59. The van der Waals surface area contributed by atoms with E-state index in [1.165, 1.54) is 21.1 Å². The second-order valence-corrected chi connectivity index (χ2v) is 4.82. The Labute approximate surface area is 78.7 Å². The molecule has 3 rings (SSSR count). The number of rotatable bonds is 0. The molecule has 0 saturated carbocycles. The third-order valence-corrected chi connectivity index (χ3v) is 3.92. The summed E-state index contributed by atoms with van der Waals surface area (Å²) < 4.78 is 0. The minimum Gasteiger partial charge on any atom is -0.354 e. The van der Waals surface area contributed by atoms with E-state index in [0.29, 0.717) is 0 Å². The fraction of sp³-hybridized carbons (Fsp3) is 0.111. The molecule has 0 radical (unpaired) electrons. The average molecular weight is 193 g/mol. The zero-order valence-electron chi connectivity index (χ0n) is 6.33. The van der Waals surface area contributed by atoms with E-state index in [4.69, 9.17) is 0 Å². The van der Waals surface area contributed by atoms with E-state index >= 15 is 0 Å². The first-order chi connectivity index (χ1) is 5.93. The van der Waals surface area contributed by atoms with Crippen LogP contribution >= 0.6 is 22.7 Å². The molecule has 1 nitrogen and oxygen atoms in total. The van der Waals surface area contributed by atoms with Crippen LogP contribution in [-0.4, -0.2) is 0 Å². The van der Waals surface area contributed by atoms with Crippen molar-refractivity contribution in [1.82, 2.24) is 0 Å². The summed E-state index contributed by atoms with van der Waals surface area (Å²) in [4.78, 5) is 2.93. The molecule has 0 atom stereocenters. The van der Waals surface area contributed by atoms with Gasteiger partial charge in [-0.3, -0.25) is 0 Å². The van der Waals surface area contributed by atoms with Crippen molar-refractivity contribution in [3.63, 3.8) is 0 Å². The van der Waals surface area contributed by atoms with Gasteiger partial charge in [-0.05, 0) is 22.9 Å². The molecule has 2 aromatic heterocycles. The van der Waals surface area contributed by atoms with Gasteiger partial charge in [0.05, 0.1) is 11.4 Å². The standard InChI is InChI=1S/C9H7NS2/c1-3-11-8-5-9-7(2-4-12-9)10-6(1)8/h1-4,10H,5H2. The molecule has 12 heavy (non-hydrogen) atoms. The van der Waals surface area contributed by atoms with E-state index in [-0.39, 0.29) is 0 Å². The normalized spacial score (nSPS) is 13.3. The molecule has 0 amide bonds. The minimum absolute atomic E-state index is 1.12. The molecule has 3 heteroatoms. The largest absolute Gasteiger partial charge is 0.354 e. The van der Waals surface area contributed by atoms with E-state index in [2.05, 4.69) is 28.2 Å². The number of anilines is 2. The zero-order valence-corrected chi connectivity index (χ0v) is 7.97. The summed E-state index contributed by atoms with van der Waals surface area (Å²) in [6, 6.07) is 4.31. The SMILES string of the molecule is c1cc2c(s1)Cc1sccc1N2. The van der Waals surface area contributed by atoms with Crippen molar-refractivity contribution >= 4 is 34.0 Å². The van der Waals surface area contributed by atoms with Crippen LogP contribution in [0.3, 0.4) is 0 Å². The third-order valence-electron chi connectivity index (χ3n) is 2.08. The summed E-state index contributed by atoms with van der Waals surface area (Å²) in [5.74, 6) is 0. The van der Waals surface area contributed by atoms with Crippen molar-refractivity contribution in [1.29, 1.82) is 0 Å². The van der Waals surface area contributed by atoms with Crippen LogP contribution in [0.4, 0.5) is 11.4 Å². The van der Waals surface area contributed by atoms with E-state index in [0.717, 1.165) is 6.42 Å². The van der Waals surface area contributed by atoms with E-state index in [1.807, 2.05) is 22.7 Å². The molecule has 0 bridgehead atoms. The molecular formula is C9H7NS2. The highest BCUT2D eigenvalue weighted by Crippen LogP contribution is 2.38. The third kappa shape index (κ3) is 0.836. The van der Waals surface area contributed by atoms with Crippen LogP contribution in [0.2, 0.25) is 0 Å². The highest BCUT2D eigenvalue weighted by atomic mass is 32.1. The summed E-state index contributed by atoms with van der Waals surface area (Å²) in [6.07, 6.45) is 1.12. The number of thiophene rings is 2. The number of fused-ring (bicyclic) bond motifs is 2. The lowest BCUT2D eigenvalue weighted by atomic mass is 10.2. The lowest BCUT2D eigenvalue weighted by molar-refractivity contribution is 1.26. The van der Waals surface area contributed by atoms with Crippen LogP contribution in [0.25, 0.3) is 0 Å². The van der Waals surface area contributed by atoms with Gasteiger partial charge in [0, 0.05) is 16.2 Å². The van der Waals surface area contributed by atoms with Crippen molar-refractivity contribution in [3.8, 4) is 0 Å². The van der Waals surface area contributed by atoms with E-state index < -0.39 is 0 Å². The summed E-state index contributed by atoms with van der Waals surface area (Å²) in [5, 5.41) is 7.72. The summed E-state index contributed by atoms with van der Waals surface area (Å²) in [7, 11) is 0.